The smallest absolute Gasteiger partial charge is 0.255 e. The molecule has 30 heavy (non-hydrogen) atoms. The van der Waals surface area contributed by atoms with Gasteiger partial charge >= 0.3 is 0 Å². The summed E-state index contributed by atoms with van der Waals surface area (Å²) in [7, 11) is 0. The van der Waals surface area contributed by atoms with Crippen LogP contribution in [0.3, 0.4) is 0 Å². The fourth-order valence-electron chi connectivity index (χ4n) is 5.63. The lowest BCUT2D eigenvalue weighted by Gasteiger charge is -2.37. The number of benzene rings is 1. The van der Waals surface area contributed by atoms with E-state index in [-0.39, 0.29) is 24.1 Å². The van der Waals surface area contributed by atoms with Crippen LogP contribution in [0.1, 0.15) is 66.4 Å². The molecular formula is C23H30N4O3. The highest BCUT2D eigenvalue weighted by atomic mass is 16.2. The van der Waals surface area contributed by atoms with E-state index < -0.39 is 6.04 Å². The molecule has 3 N–H and O–H groups in total. The quantitative estimate of drug-likeness (QED) is 0.654. The summed E-state index contributed by atoms with van der Waals surface area (Å²) in [5.41, 5.74) is 3.30. The second-order valence-corrected chi connectivity index (χ2v) is 9.47. The van der Waals surface area contributed by atoms with Crippen molar-refractivity contribution in [2.45, 2.75) is 70.1 Å². The lowest BCUT2D eigenvalue weighted by atomic mass is 9.72. The van der Waals surface area contributed by atoms with Gasteiger partial charge in [0, 0.05) is 37.7 Å². The monoisotopic (exact) mass is 410 g/mol. The van der Waals surface area contributed by atoms with Crippen molar-refractivity contribution in [1.82, 2.24) is 20.9 Å². The number of carbonyl (C=O) groups is 3. The molecule has 7 nitrogen and oxygen atoms in total. The van der Waals surface area contributed by atoms with Crippen LogP contribution in [-0.4, -0.2) is 47.8 Å². The predicted molar refractivity (Wildman–Crippen MR) is 112 cm³/mol. The number of amides is 3. The zero-order valence-electron chi connectivity index (χ0n) is 17.3. The van der Waals surface area contributed by atoms with E-state index in [0.29, 0.717) is 30.0 Å². The van der Waals surface area contributed by atoms with Crippen molar-refractivity contribution in [2.75, 3.05) is 13.1 Å². The van der Waals surface area contributed by atoms with Crippen molar-refractivity contribution in [3.8, 4) is 0 Å². The summed E-state index contributed by atoms with van der Waals surface area (Å²) < 4.78 is 0. The Balaban J connectivity index is 1.19. The first kappa shape index (κ1) is 19.7. The summed E-state index contributed by atoms with van der Waals surface area (Å²) in [6.45, 7) is 3.54. The molecule has 0 bridgehead atoms. The van der Waals surface area contributed by atoms with E-state index in [1.165, 1.54) is 38.6 Å². The van der Waals surface area contributed by atoms with E-state index >= 15 is 0 Å². The first-order chi connectivity index (χ1) is 14.5. The second-order valence-electron chi connectivity index (χ2n) is 9.47. The maximum atomic E-state index is 13.0. The van der Waals surface area contributed by atoms with E-state index in [2.05, 4.69) is 22.0 Å². The molecule has 7 heteroatoms. The van der Waals surface area contributed by atoms with Gasteiger partial charge in [-0.25, -0.2) is 0 Å². The molecule has 1 aliphatic carbocycles. The lowest BCUT2D eigenvalue weighted by Crippen LogP contribution is -2.52. The molecule has 1 aromatic carbocycles. The topological polar surface area (TPSA) is 90.5 Å². The van der Waals surface area contributed by atoms with Crippen molar-refractivity contribution < 1.29 is 14.4 Å². The molecule has 1 aromatic rings. The molecule has 4 aliphatic rings. The lowest BCUT2D eigenvalue weighted by molar-refractivity contribution is -0.136. The first-order valence-electron chi connectivity index (χ1n) is 11.2. The molecule has 1 spiro atoms. The van der Waals surface area contributed by atoms with Gasteiger partial charge in [0.1, 0.15) is 6.04 Å². The van der Waals surface area contributed by atoms with Crippen molar-refractivity contribution in [3.05, 3.63) is 34.9 Å². The van der Waals surface area contributed by atoms with Gasteiger partial charge in [0.25, 0.3) is 5.91 Å². The van der Waals surface area contributed by atoms with Crippen LogP contribution in [0.5, 0.6) is 0 Å². The fraction of sp³-hybridized carbons (Fsp3) is 0.609. The van der Waals surface area contributed by atoms with Gasteiger partial charge in [-0.1, -0.05) is 12.1 Å². The minimum absolute atomic E-state index is 0.102. The van der Waals surface area contributed by atoms with Crippen LogP contribution in [0.2, 0.25) is 0 Å². The largest absolute Gasteiger partial charge is 0.322 e. The highest BCUT2D eigenvalue weighted by molar-refractivity contribution is 6.05. The predicted octanol–water partition coefficient (Wildman–Crippen LogP) is 1.46. The third kappa shape index (κ3) is 3.65. The Bertz CT molecular complexity index is 867. The van der Waals surface area contributed by atoms with E-state index in [1.807, 2.05) is 12.1 Å². The Morgan fingerprint density at radius 2 is 1.93 bits per heavy atom. The molecule has 1 saturated carbocycles. The third-order valence-electron chi connectivity index (χ3n) is 7.57. The number of imide groups is 1. The summed E-state index contributed by atoms with van der Waals surface area (Å²) in [5, 5.41) is 9.56. The molecule has 1 unspecified atom stereocenters. The van der Waals surface area contributed by atoms with Gasteiger partial charge in [0.15, 0.2) is 0 Å². The molecule has 3 heterocycles. The number of piperidine rings is 1. The molecule has 0 radical (unpaired) electrons. The van der Waals surface area contributed by atoms with Gasteiger partial charge < -0.3 is 15.5 Å². The minimum atomic E-state index is -0.552. The number of hydrogen-bond acceptors (Lipinski definition) is 5. The maximum Gasteiger partial charge on any atom is 0.255 e. The summed E-state index contributed by atoms with van der Waals surface area (Å²) in [6.07, 6.45) is 7.02. The van der Waals surface area contributed by atoms with Crippen LogP contribution in [0, 0.1) is 5.41 Å². The van der Waals surface area contributed by atoms with Crippen LogP contribution in [-0.2, 0) is 22.7 Å². The van der Waals surface area contributed by atoms with E-state index in [9.17, 15) is 14.4 Å². The minimum Gasteiger partial charge on any atom is -0.322 e. The van der Waals surface area contributed by atoms with Gasteiger partial charge in [-0.15, -0.1) is 0 Å². The van der Waals surface area contributed by atoms with Crippen LogP contribution in [0.15, 0.2) is 18.2 Å². The Hall–Kier alpha value is -2.25. The van der Waals surface area contributed by atoms with Gasteiger partial charge in [-0.3, -0.25) is 19.7 Å². The van der Waals surface area contributed by atoms with Gasteiger partial charge in [0.2, 0.25) is 11.8 Å². The Labute approximate surface area is 177 Å². The van der Waals surface area contributed by atoms with Crippen molar-refractivity contribution in [2.24, 2.45) is 5.41 Å². The standard InChI is InChI=1S/C23H30N4O3/c28-20-4-3-19(21(29)26-20)27-13-16-2-1-15(11-18(16)22(27)30)12-25-17-5-7-23(8-6-17)9-10-24-14-23/h1-2,11,17,19,24-25H,3-10,12-14H2,(H,26,28,29). The average molecular weight is 411 g/mol. The van der Waals surface area contributed by atoms with Gasteiger partial charge in [-0.2, -0.15) is 0 Å². The Morgan fingerprint density at radius 3 is 2.67 bits per heavy atom. The first-order valence-corrected chi connectivity index (χ1v) is 11.2. The fourth-order valence-corrected chi connectivity index (χ4v) is 5.63. The highest BCUT2D eigenvalue weighted by Gasteiger charge is 2.39. The number of fused-ring (bicyclic) bond motifs is 1. The summed E-state index contributed by atoms with van der Waals surface area (Å²) in [4.78, 5) is 38.2. The highest BCUT2D eigenvalue weighted by Crippen LogP contribution is 2.41. The summed E-state index contributed by atoms with van der Waals surface area (Å²) in [6, 6.07) is 6.06. The van der Waals surface area contributed by atoms with Crippen LogP contribution >= 0.6 is 0 Å². The summed E-state index contributed by atoms with van der Waals surface area (Å²) in [5.74, 6) is -0.719. The van der Waals surface area contributed by atoms with Crippen molar-refractivity contribution in [3.63, 3.8) is 0 Å². The molecule has 1 atom stereocenters. The van der Waals surface area contributed by atoms with Gasteiger partial charge in [-0.05, 0) is 67.7 Å². The van der Waals surface area contributed by atoms with Crippen molar-refractivity contribution in [1.29, 1.82) is 0 Å². The molecule has 160 valence electrons. The Morgan fingerprint density at radius 1 is 1.10 bits per heavy atom. The van der Waals surface area contributed by atoms with Crippen LogP contribution in [0.4, 0.5) is 0 Å². The molecule has 3 fully saturated rings. The summed E-state index contributed by atoms with van der Waals surface area (Å²) >= 11 is 0. The number of hydrogen-bond donors (Lipinski definition) is 3. The zero-order chi connectivity index (χ0) is 20.7. The third-order valence-corrected chi connectivity index (χ3v) is 7.57. The van der Waals surface area contributed by atoms with Crippen LogP contribution in [0.25, 0.3) is 0 Å². The number of carbonyl (C=O) groups excluding carboxylic acids is 3. The van der Waals surface area contributed by atoms with Crippen molar-refractivity contribution >= 4 is 17.7 Å². The SMILES string of the molecule is O=C1CCC(N2Cc3ccc(CNC4CCC5(CCNC5)CC4)cc3C2=O)C(=O)N1. The molecule has 0 aromatic heterocycles. The zero-order valence-corrected chi connectivity index (χ0v) is 17.3. The van der Waals surface area contributed by atoms with E-state index in [4.69, 9.17) is 0 Å². The molecule has 3 amide bonds. The molecule has 3 aliphatic heterocycles. The van der Waals surface area contributed by atoms with E-state index in [0.717, 1.165) is 24.2 Å². The Kier molecular flexibility index (Phi) is 5.11. The number of rotatable bonds is 4. The number of nitrogens with one attached hydrogen (secondary N) is 3. The van der Waals surface area contributed by atoms with Crippen LogP contribution < -0.4 is 16.0 Å². The van der Waals surface area contributed by atoms with Gasteiger partial charge in [0.05, 0.1) is 0 Å². The average Bonchev–Trinajstić information content (AvgIpc) is 3.33. The maximum absolute atomic E-state index is 13.0. The number of nitrogens with zero attached hydrogens (tertiary/aromatic N) is 1. The molecule has 2 saturated heterocycles. The normalized spacial score (nSPS) is 31.3. The molecule has 5 rings (SSSR count). The van der Waals surface area contributed by atoms with E-state index in [1.54, 1.807) is 4.90 Å². The molecular weight excluding hydrogens is 380 g/mol. The second kappa shape index (κ2) is 7.78.